The maximum Gasteiger partial charge on any atom is 0.337 e. The molecule has 0 unspecified atom stereocenters. The minimum atomic E-state index is -1.07. The number of benzene rings is 2. The van der Waals surface area contributed by atoms with Crippen LogP contribution in [0.5, 0.6) is 0 Å². The summed E-state index contributed by atoms with van der Waals surface area (Å²) in [5.41, 5.74) is 3.33. The molecule has 7 nitrogen and oxygen atoms in total. The number of aryl methyl sites for hydroxylation is 2. The van der Waals surface area contributed by atoms with E-state index in [-0.39, 0.29) is 11.5 Å². The lowest BCUT2D eigenvalue weighted by Crippen LogP contribution is -2.23. The second-order valence-corrected chi connectivity index (χ2v) is 7.41. The number of aromatic carboxylic acids is 1. The summed E-state index contributed by atoms with van der Waals surface area (Å²) in [5.74, 6) is -0.654. The number of amides is 1. The van der Waals surface area contributed by atoms with Gasteiger partial charge in [0.1, 0.15) is 5.76 Å². The first-order chi connectivity index (χ1) is 14.3. The molecule has 0 saturated carbocycles. The predicted octanol–water partition coefficient (Wildman–Crippen LogP) is 4.57. The van der Waals surface area contributed by atoms with Crippen LogP contribution in [0, 0.1) is 13.8 Å². The molecular formula is C22H22ClN3O4. The smallest absolute Gasteiger partial charge is 0.337 e. The summed E-state index contributed by atoms with van der Waals surface area (Å²) >= 11 is 5.84. The van der Waals surface area contributed by atoms with Gasteiger partial charge in [0, 0.05) is 35.4 Å². The lowest BCUT2D eigenvalue weighted by atomic mass is 10.1. The largest absolute Gasteiger partial charge is 0.478 e. The van der Waals surface area contributed by atoms with Gasteiger partial charge in [0.2, 0.25) is 0 Å². The average molecular weight is 428 g/mol. The van der Waals surface area contributed by atoms with E-state index in [1.54, 1.807) is 36.4 Å². The van der Waals surface area contributed by atoms with Crippen molar-refractivity contribution < 1.29 is 19.2 Å². The Kier molecular flexibility index (Phi) is 6.42. The molecule has 0 aliphatic heterocycles. The Morgan fingerprint density at radius 3 is 2.47 bits per heavy atom. The molecule has 156 valence electrons. The highest BCUT2D eigenvalue weighted by atomic mass is 35.5. The van der Waals surface area contributed by atoms with Gasteiger partial charge in [0.05, 0.1) is 16.9 Å². The van der Waals surface area contributed by atoms with Crippen molar-refractivity contribution in [1.82, 2.24) is 5.16 Å². The average Bonchev–Trinajstić information content (AvgIpc) is 3.04. The van der Waals surface area contributed by atoms with Gasteiger partial charge in [-0.25, -0.2) is 4.79 Å². The number of anilines is 2. The number of halogens is 1. The molecule has 1 aromatic heterocycles. The van der Waals surface area contributed by atoms with Crippen LogP contribution < -0.4 is 10.2 Å². The monoisotopic (exact) mass is 427 g/mol. The number of hydrogen-bond donors (Lipinski definition) is 2. The fourth-order valence-electron chi connectivity index (χ4n) is 3.18. The van der Waals surface area contributed by atoms with Gasteiger partial charge in [0.15, 0.2) is 0 Å². The Labute approximate surface area is 179 Å². The van der Waals surface area contributed by atoms with Gasteiger partial charge in [-0.1, -0.05) is 16.8 Å². The van der Waals surface area contributed by atoms with Crippen molar-refractivity contribution in [3.05, 3.63) is 75.6 Å². The maximum atomic E-state index is 12.4. The second kappa shape index (κ2) is 9.00. The van der Waals surface area contributed by atoms with E-state index in [9.17, 15) is 14.7 Å². The van der Waals surface area contributed by atoms with E-state index in [2.05, 4.69) is 10.5 Å². The number of rotatable bonds is 7. The van der Waals surface area contributed by atoms with Crippen LogP contribution in [-0.4, -0.2) is 35.7 Å². The fourth-order valence-corrected chi connectivity index (χ4v) is 3.31. The Morgan fingerprint density at radius 2 is 1.87 bits per heavy atom. The molecule has 2 aromatic carbocycles. The van der Waals surface area contributed by atoms with E-state index in [1.165, 1.54) is 6.07 Å². The Hall–Kier alpha value is -3.32. The number of carbonyl (C=O) groups is 2. The minimum absolute atomic E-state index is 0.102. The number of hydrogen-bond acceptors (Lipinski definition) is 5. The molecule has 1 heterocycles. The van der Waals surface area contributed by atoms with Crippen molar-refractivity contribution in [3.63, 3.8) is 0 Å². The van der Waals surface area contributed by atoms with Gasteiger partial charge in [0.25, 0.3) is 5.91 Å². The maximum absolute atomic E-state index is 12.4. The van der Waals surface area contributed by atoms with Gasteiger partial charge in [-0.2, -0.15) is 0 Å². The third-order valence-corrected chi connectivity index (χ3v) is 5.13. The topological polar surface area (TPSA) is 95.7 Å². The van der Waals surface area contributed by atoms with Crippen LogP contribution in [0.1, 0.15) is 37.7 Å². The van der Waals surface area contributed by atoms with Gasteiger partial charge in [-0.05, 0) is 62.7 Å². The highest BCUT2D eigenvalue weighted by Crippen LogP contribution is 2.25. The van der Waals surface area contributed by atoms with Crippen LogP contribution >= 0.6 is 11.6 Å². The molecule has 8 heteroatoms. The Morgan fingerprint density at radius 1 is 1.17 bits per heavy atom. The van der Waals surface area contributed by atoms with Crippen LogP contribution in [0.3, 0.4) is 0 Å². The number of aromatic nitrogens is 1. The minimum Gasteiger partial charge on any atom is -0.478 e. The summed E-state index contributed by atoms with van der Waals surface area (Å²) < 4.78 is 5.18. The van der Waals surface area contributed by atoms with Crippen molar-refractivity contribution >= 4 is 34.9 Å². The van der Waals surface area contributed by atoms with E-state index < -0.39 is 5.97 Å². The molecule has 30 heavy (non-hydrogen) atoms. The first kappa shape index (κ1) is 21.4. The molecular weight excluding hydrogens is 406 g/mol. The third kappa shape index (κ3) is 4.80. The Balaban J connectivity index is 1.76. The number of nitrogens with zero attached hydrogens (tertiary/aromatic N) is 2. The summed E-state index contributed by atoms with van der Waals surface area (Å²) in [5, 5.41) is 16.9. The zero-order chi connectivity index (χ0) is 21.8. The molecule has 3 aromatic rings. The number of likely N-dealkylation sites (N-methyl/N-ethyl adjacent to an activating group) is 1. The van der Waals surface area contributed by atoms with Crippen molar-refractivity contribution in [2.75, 3.05) is 23.8 Å². The summed E-state index contributed by atoms with van der Waals surface area (Å²) in [6.07, 6.45) is 0.672. The predicted molar refractivity (Wildman–Crippen MR) is 116 cm³/mol. The van der Waals surface area contributed by atoms with Crippen molar-refractivity contribution in [2.45, 2.75) is 20.3 Å². The lowest BCUT2D eigenvalue weighted by molar-refractivity contribution is 0.0697. The van der Waals surface area contributed by atoms with E-state index in [0.717, 1.165) is 17.0 Å². The molecule has 3 rings (SSSR count). The number of carboxylic acids is 1. The van der Waals surface area contributed by atoms with Crippen molar-refractivity contribution in [3.8, 4) is 0 Å². The van der Waals surface area contributed by atoms with Gasteiger partial charge >= 0.3 is 5.97 Å². The van der Waals surface area contributed by atoms with Crippen molar-refractivity contribution in [2.24, 2.45) is 0 Å². The molecule has 1 amide bonds. The van der Waals surface area contributed by atoms with E-state index in [1.807, 2.05) is 25.8 Å². The van der Waals surface area contributed by atoms with Gasteiger partial charge in [-0.15, -0.1) is 0 Å². The van der Waals surface area contributed by atoms with Crippen LogP contribution in [-0.2, 0) is 6.42 Å². The highest BCUT2D eigenvalue weighted by molar-refractivity contribution is 6.30. The molecule has 2 N–H and O–H groups in total. The molecule has 0 aliphatic carbocycles. The molecule has 0 bridgehead atoms. The standard InChI is InChI=1S/C22H22ClN3O4/c1-13-18(14(2)30-25-13)10-11-26(3)20-9-8-17(12-19(20)22(28)29)24-21(27)15-4-6-16(23)7-5-15/h4-9,12H,10-11H2,1-3H3,(H,24,27)(H,28,29). The molecule has 0 atom stereocenters. The van der Waals surface area contributed by atoms with Gasteiger partial charge in [-0.3, -0.25) is 4.79 Å². The fraction of sp³-hybridized carbons (Fsp3) is 0.227. The van der Waals surface area contributed by atoms with Crippen LogP contribution in [0.25, 0.3) is 0 Å². The number of carboxylic acid groups (broad SMARTS) is 1. The molecule has 0 spiro atoms. The third-order valence-electron chi connectivity index (χ3n) is 4.88. The molecule has 0 aliphatic rings. The van der Waals surface area contributed by atoms with Crippen molar-refractivity contribution in [1.29, 1.82) is 0 Å². The lowest BCUT2D eigenvalue weighted by Gasteiger charge is -2.22. The zero-order valence-electron chi connectivity index (χ0n) is 16.9. The summed E-state index contributed by atoms with van der Waals surface area (Å²) in [7, 11) is 1.83. The molecule has 0 radical (unpaired) electrons. The quantitative estimate of drug-likeness (QED) is 0.573. The van der Waals surface area contributed by atoms with E-state index >= 15 is 0 Å². The van der Waals surface area contributed by atoms with Gasteiger partial charge < -0.3 is 19.8 Å². The summed E-state index contributed by atoms with van der Waals surface area (Å²) in [6, 6.07) is 11.3. The van der Waals surface area contributed by atoms with Crippen LogP contribution in [0.15, 0.2) is 47.0 Å². The first-order valence-corrected chi connectivity index (χ1v) is 9.71. The molecule has 0 saturated heterocycles. The number of carbonyl (C=O) groups excluding carboxylic acids is 1. The second-order valence-electron chi connectivity index (χ2n) is 6.97. The zero-order valence-corrected chi connectivity index (χ0v) is 17.7. The normalized spacial score (nSPS) is 10.7. The number of nitrogens with one attached hydrogen (secondary N) is 1. The van der Waals surface area contributed by atoms with Crippen LogP contribution in [0.4, 0.5) is 11.4 Å². The summed E-state index contributed by atoms with van der Waals surface area (Å²) in [6.45, 7) is 4.32. The highest BCUT2D eigenvalue weighted by Gasteiger charge is 2.17. The van der Waals surface area contributed by atoms with E-state index in [0.29, 0.717) is 34.9 Å². The molecule has 0 fully saturated rings. The summed E-state index contributed by atoms with van der Waals surface area (Å²) in [4.78, 5) is 26.1. The Bertz CT molecular complexity index is 1060. The SMILES string of the molecule is Cc1noc(C)c1CCN(C)c1ccc(NC(=O)c2ccc(Cl)cc2)cc1C(=O)O. The van der Waals surface area contributed by atoms with E-state index in [4.69, 9.17) is 16.1 Å². The first-order valence-electron chi connectivity index (χ1n) is 9.33. The van der Waals surface area contributed by atoms with Crippen LogP contribution in [0.2, 0.25) is 5.02 Å².